The van der Waals surface area contributed by atoms with Gasteiger partial charge in [0.25, 0.3) is 0 Å². The first-order valence-corrected chi connectivity index (χ1v) is 6.89. The van der Waals surface area contributed by atoms with Crippen LogP contribution in [0.15, 0.2) is 12.1 Å². The fourth-order valence-corrected chi connectivity index (χ4v) is 1.77. The molecule has 0 atom stereocenters. The average molecular weight is 293 g/mol. The van der Waals surface area contributed by atoms with Crippen molar-refractivity contribution in [2.24, 2.45) is 0 Å². The molecule has 0 radical (unpaired) electrons. The molecule has 0 aliphatic heterocycles. The lowest BCUT2D eigenvalue weighted by Crippen LogP contribution is -2.35. The second-order valence-electron chi connectivity index (χ2n) is 5.96. The van der Waals surface area contributed by atoms with E-state index in [9.17, 15) is 14.7 Å². The van der Waals surface area contributed by atoms with Crippen LogP contribution in [0.3, 0.4) is 0 Å². The molecule has 2 N–H and O–H groups in total. The van der Waals surface area contributed by atoms with Gasteiger partial charge in [0.2, 0.25) is 5.91 Å². The zero-order valence-electron chi connectivity index (χ0n) is 13.2. The van der Waals surface area contributed by atoms with E-state index in [2.05, 4.69) is 10.3 Å². The maximum Gasteiger partial charge on any atom is 0.335 e. The summed E-state index contributed by atoms with van der Waals surface area (Å²) < 4.78 is 0. The van der Waals surface area contributed by atoms with Crippen LogP contribution in [0, 0.1) is 0 Å². The number of carboxylic acids is 1. The van der Waals surface area contributed by atoms with Crippen LogP contribution in [0.4, 0.5) is 5.82 Å². The summed E-state index contributed by atoms with van der Waals surface area (Å²) in [4.78, 5) is 29.0. The summed E-state index contributed by atoms with van der Waals surface area (Å²) in [5, 5.41) is 11.9. The van der Waals surface area contributed by atoms with E-state index in [0.29, 0.717) is 18.1 Å². The van der Waals surface area contributed by atoms with Crippen molar-refractivity contribution in [3.8, 4) is 0 Å². The van der Waals surface area contributed by atoms with Gasteiger partial charge >= 0.3 is 5.97 Å². The smallest absolute Gasteiger partial charge is 0.335 e. The number of hydrogen-bond acceptors (Lipinski definition) is 4. The largest absolute Gasteiger partial charge is 0.478 e. The van der Waals surface area contributed by atoms with Gasteiger partial charge in [0, 0.05) is 24.7 Å². The van der Waals surface area contributed by atoms with Crippen molar-refractivity contribution in [2.45, 2.75) is 33.1 Å². The van der Waals surface area contributed by atoms with Gasteiger partial charge in [-0.05, 0) is 19.1 Å². The van der Waals surface area contributed by atoms with Crippen molar-refractivity contribution in [2.75, 3.05) is 25.0 Å². The van der Waals surface area contributed by atoms with Crippen molar-refractivity contribution in [1.82, 2.24) is 10.3 Å². The molecule has 116 valence electrons. The summed E-state index contributed by atoms with van der Waals surface area (Å²) in [5.41, 5.74) is 0.583. The molecule has 1 aromatic rings. The van der Waals surface area contributed by atoms with E-state index in [0.717, 1.165) is 0 Å². The van der Waals surface area contributed by atoms with Crippen LogP contribution in [0.25, 0.3) is 0 Å². The summed E-state index contributed by atoms with van der Waals surface area (Å²) in [7, 11) is 1.72. The molecule has 1 heterocycles. The van der Waals surface area contributed by atoms with Gasteiger partial charge in [-0.2, -0.15) is 0 Å². The highest BCUT2D eigenvalue weighted by Crippen LogP contribution is 2.24. The Morgan fingerprint density at radius 2 is 1.95 bits per heavy atom. The first-order valence-electron chi connectivity index (χ1n) is 6.89. The normalized spacial score (nSPS) is 11.1. The molecule has 0 aromatic carbocycles. The zero-order valence-corrected chi connectivity index (χ0v) is 13.2. The molecular formula is C15H23N3O3. The quantitative estimate of drug-likeness (QED) is 0.862. The van der Waals surface area contributed by atoms with Gasteiger partial charge < -0.3 is 15.3 Å². The first kappa shape index (κ1) is 16.9. The number of anilines is 1. The minimum absolute atomic E-state index is 0.125. The van der Waals surface area contributed by atoms with Crippen molar-refractivity contribution in [1.29, 1.82) is 0 Å². The predicted molar refractivity (Wildman–Crippen MR) is 81.9 cm³/mol. The van der Waals surface area contributed by atoms with Gasteiger partial charge in [-0.15, -0.1) is 0 Å². The van der Waals surface area contributed by atoms with E-state index in [1.165, 1.54) is 6.07 Å². The lowest BCUT2D eigenvalue weighted by atomic mass is 9.90. The number of hydrogen-bond donors (Lipinski definition) is 2. The zero-order chi connectivity index (χ0) is 16.2. The molecule has 0 bridgehead atoms. The van der Waals surface area contributed by atoms with E-state index >= 15 is 0 Å². The number of carboxylic acid groups (broad SMARTS) is 1. The summed E-state index contributed by atoms with van der Waals surface area (Å²) in [6.45, 7) is 8.44. The number of nitrogens with zero attached hydrogens (tertiary/aromatic N) is 2. The molecule has 21 heavy (non-hydrogen) atoms. The second kappa shape index (κ2) is 6.56. The van der Waals surface area contributed by atoms with Crippen molar-refractivity contribution in [3.63, 3.8) is 0 Å². The topological polar surface area (TPSA) is 82.5 Å². The van der Waals surface area contributed by atoms with Gasteiger partial charge in [-0.25, -0.2) is 9.78 Å². The maximum atomic E-state index is 11.6. The van der Waals surface area contributed by atoms with E-state index in [1.54, 1.807) is 18.0 Å². The number of rotatable bonds is 5. The van der Waals surface area contributed by atoms with Crippen molar-refractivity contribution >= 4 is 17.7 Å². The molecule has 0 aliphatic rings. The summed E-state index contributed by atoms with van der Waals surface area (Å²) in [5.74, 6) is -0.651. The minimum Gasteiger partial charge on any atom is -0.478 e. The minimum atomic E-state index is -1.00. The summed E-state index contributed by atoms with van der Waals surface area (Å²) in [6.07, 6.45) is 0. The Balaban J connectivity index is 3.13. The molecule has 0 fully saturated rings. The van der Waals surface area contributed by atoms with Gasteiger partial charge in [0.05, 0.1) is 12.1 Å². The van der Waals surface area contributed by atoms with Crippen LogP contribution in [0.5, 0.6) is 0 Å². The van der Waals surface area contributed by atoms with E-state index in [-0.39, 0.29) is 23.4 Å². The highest BCUT2D eigenvalue weighted by Gasteiger charge is 2.20. The third-order valence-corrected chi connectivity index (χ3v) is 2.97. The van der Waals surface area contributed by atoms with Crippen molar-refractivity contribution < 1.29 is 14.7 Å². The first-order chi connectivity index (χ1) is 9.65. The number of likely N-dealkylation sites (N-methyl/N-ethyl adjacent to an activating group) is 2. The fourth-order valence-electron chi connectivity index (χ4n) is 1.77. The predicted octanol–water partition coefficient (Wildman–Crippen LogP) is 1.65. The Hall–Kier alpha value is -2.11. The molecule has 0 saturated carbocycles. The summed E-state index contributed by atoms with van der Waals surface area (Å²) in [6, 6.07) is 3.06. The molecule has 1 aromatic heterocycles. The Morgan fingerprint density at radius 1 is 1.33 bits per heavy atom. The Morgan fingerprint density at radius 3 is 2.43 bits per heavy atom. The SMILES string of the molecule is CCNC(=O)CN(C)c1cc(C(=O)O)cc(C(C)(C)C)n1. The van der Waals surface area contributed by atoms with Crippen LogP contribution >= 0.6 is 0 Å². The third kappa shape index (κ3) is 4.73. The Labute approximate surface area is 125 Å². The van der Waals surface area contributed by atoms with Crippen LogP contribution in [-0.4, -0.2) is 42.1 Å². The number of aromatic carboxylic acids is 1. The molecule has 1 amide bonds. The molecule has 6 heteroatoms. The Bertz CT molecular complexity index is 535. The van der Waals surface area contributed by atoms with Crippen LogP contribution in [-0.2, 0) is 10.2 Å². The monoisotopic (exact) mass is 293 g/mol. The molecular weight excluding hydrogens is 270 g/mol. The number of pyridine rings is 1. The molecule has 6 nitrogen and oxygen atoms in total. The van der Waals surface area contributed by atoms with Crippen LogP contribution in [0.2, 0.25) is 0 Å². The van der Waals surface area contributed by atoms with Gasteiger partial charge in [0.1, 0.15) is 5.82 Å². The number of carbonyl (C=O) groups excluding carboxylic acids is 1. The van der Waals surface area contributed by atoms with Crippen LogP contribution < -0.4 is 10.2 Å². The molecule has 0 unspecified atom stereocenters. The van der Waals surface area contributed by atoms with Gasteiger partial charge in [0.15, 0.2) is 0 Å². The molecule has 0 saturated heterocycles. The van der Waals surface area contributed by atoms with Crippen LogP contribution in [0.1, 0.15) is 43.7 Å². The fraction of sp³-hybridized carbons (Fsp3) is 0.533. The molecule has 0 aliphatic carbocycles. The van der Waals surface area contributed by atoms with Gasteiger partial charge in [-0.1, -0.05) is 20.8 Å². The molecule has 0 spiro atoms. The van der Waals surface area contributed by atoms with Crippen molar-refractivity contribution in [3.05, 3.63) is 23.4 Å². The summed E-state index contributed by atoms with van der Waals surface area (Å²) >= 11 is 0. The lowest BCUT2D eigenvalue weighted by Gasteiger charge is -2.23. The number of amides is 1. The Kier molecular flexibility index (Phi) is 5.29. The lowest BCUT2D eigenvalue weighted by molar-refractivity contribution is -0.119. The maximum absolute atomic E-state index is 11.6. The highest BCUT2D eigenvalue weighted by atomic mass is 16.4. The van der Waals surface area contributed by atoms with Gasteiger partial charge in [-0.3, -0.25) is 4.79 Å². The second-order valence-corrected chi connectivity index (χ2v) is 5.96. The third-order valence-electron chi connectivity index (χ3n) is 2.97. The number of carbonyl (C=O) groups is 2. The number of aromatic nitrogens is 1. The highest BCUT2D eigenvalue weighted by molar-refractivity contribution is 5.89. The van der Waals surface area contributed by atoms with E-state index < -0.39 is 5.97 Å². The van der Waals surface area contributed by atoms with E-state index in [1.807, 2.05) is 27.7 Å². The molecule has 1 rings (SSSR count). The number of nitrogens with one attached hydrogen (secondary N) is 1. The standard InChI is InChI=1S/C15H23N3O3/c1-6-16-13(19)9-18(5)12-8-10(14(20)21)7-11(17-12)15(2,3)4/h7-8H,6,9H2,1-5H3,(H,16,19)(H,20,21). The van der Waals surface area contributed by atoms with E-state index in [4.69, 9.17) is 0 Å². The average Bonchev–Trinajstić information content (AvgIpc) is 2.37.